The molecule has 0 fully saturated rings. The third kappa shape index (κ3) is 6.42. The molecule has 0 atom stereocenters. The van der Waals surface area contributed by atoms with Crippen molar-refractivity contribution in [3.8, 4) is 89.4 Å². The minimum atomic E-state index is -2.16. The average Bonchev–Trinajstić information content (AvgIpc) is 3.52. The van der Waals surface area contributed by atoms with Crippen LogP contribution in [-0.4, -0.2) is 18.0 Å². The van der Waals surface area contributed by atoms with Crippen LogP contribution in [0.5, 0.6) is 0 Å². The molecule has 9 aromatic rings. The molecule has 0 saturated heterocycles. The Labute approximate surface area is 335 Å². The zero-order chi connectivity index (χ0) is 38.3. The van der Waals surface area contributed by atoms with Gasteiger partial charge in [0.1, 0.15) is 8.07 Å². The van der Waals surface area contributed by atoms with Crippen molar-refractivity contribution < 1.29 is 0 Å². The summed E-state index contributed by atoms with van der Waals surface area (Å²) in [5, 5.41) is 2.61. The van der Waals surface area contributed by atoms with Crippen LogP contribution in [0.3, 0.4) is 0 Å². The number of hydrogen-bond acceptors (Lipinski definition) is 2. The van der Waals surface area contributed by atoms with Crippen molar-refractivity contribution in [3.63, 3.8) is 0 Å². The predicted octanol–water partition coefficient (Wildman–Crippen LogP) is 12.9. The van der Waals surface area contributed by atoms with Gasteiger partial charge in [-0.25, -0.2) is 9.97 Å². The van der Waals surface area contributed by atoms with Crippen molar-refractivity contribution in [2.24, 2.45) is 0 Å². The molecule has 0 amide bonds. The normalized spacial score (nSPS) is 12.5. The SMILES string of the molecule is C[Si]1(C)c2ccccc2-c2c(-c3cc(-c4ccccc4)cc(-c4ccccc4)c3)nc(-c3cccc(-c4ccc(-c5cccc(-c6ccccc6)c5)cc4)c3)nc21. The molecule has 2 nitrogen and oxygen atoms in total. The Morgan fingerprint density at radius 1 is 0.316 bits per heavy atom. The summed E-state index contributed by atoms with van der Waals surface area (Å²) in [6.45, 7) is 4.86. The van der Waals surface area contributed by atoms with E-state index in [0.717, 1.165) is 33.8 Å². The molecule has 1 aliphatic heterocycles. The van der Waals surface area contributed by atoms with E-state index in [0.29, 0.717) is 0 Å². The van der Waals surface area contributed by atoms with Gasteiger partial charge in [-0.1, -0.05) is 189 Å². The molecule has 0 aliphatic carbocycles. The zero-order valence-electron chi connectivity index (χ0n) is 32.0. The highest BCUT2D eigenvalue weighted by Crippen LogP contribution is 2.40. The Balaban J connectivity index is 1.09. The maximum Gasteiger partial charge on any atom is 0.159 e. The zero-order valence-corrected chi connectivity index (χ0v) is 33.0. The lowest BCUT2D eigenvalue weighted by atomic mass is 9.92. The molecule has 0 bridgehead atoms. The third-order valence-corrected chi connectivity index (χ3v) is 14.8. The second-order valence-corrected chi connectivity index (χ2v) is 19.7. The number of benzene rings is 8. The molecule has 0 radical (unpaired) electrons. The van der Waals surface area contributed by atoms with Gasteiger partial charge < -0.3 is 0 Å². The van der Waals surface area contributed by atoms with Gasteiger partial charge in [0, 0.05) is 22.0 Å². The van der Waals surface area contributed by atoms with E-state index in [4.69, 9.17) is 9.97 Å². The fourth-order valence-electron chi connectivity index (χ4n) is 8.44. The van der Waals surface area contributed by atoms with E-state index in [2.05, 4.69) is 219 Å². The molecule has 1 aliphatic rings. The minimum Gasteiger partial charge on any atom is -0.237 e. The summed E-state index contributed by atoms with van der Waals surface area (Å²) < 4.78 is 0. The largest absolute Gasteiger partial charge is 0.237 e. The van der Waals surface area contributed by atoms with Crippen molar-refractivity contribution in [1.29, 1.82) is 0 Å². The summed E-state index contributed by atoms with van der Waals surface area (Å²) in [6, 6.07) is 74.2. The maximum atomic E-state index is 5.55. The molecule has 57 heavy (non-hydrogen) atoms. The number of aromatic nitrogens is 2. The first kappa shape index (κ1) is 34.5. The quantitative estimate of drug-likeness (QED) is 0.152. The number of fused-ring (bicyclic) bond motifs is 3. The van der Waals surface area contributed by atoms with E-state index in [1.165, 1.54) is 66.1 Å². The summed E-state index contributed by atoms with van der Waals surface area (Å²) in [4.78, 5) is 11.1. The summed E-state index contributed by atoms with van der Waals surface area (Å²) in [5.41, 5.74) is 17.4. The van der Waals surface area contributed by atoms with E-state index in [1.807, 2.05) is 0 Å². The molecule has 0 spiro atoms. The summed E-state index contributed by atoms with van der Waals surface area (Å²) in [7, 11) is -2.16. The monoisotopic (exact) mass is 744 g/mol. The van der Waals surface area contributed by atoms with Gasteiger partial charge in [0.15, 0.2) is 5.82 Å². The Bertz CT molecular complexity index is 2840. The fraction of sp³-hybridized carbons (Fsp3) is 0.0370. The lowest BCUT2D eigenvalue weighted by Gasteiger charge is -2.19. The second kappa shape index (κ2) is 14.3. The smallest absolute Gasteiger partial charge is 0.159 e. The Morgan fingerprint density at radius 2 is 0.702 bits per heavy atom. The van der Waals surface area contributed by atoms with E-state index < -0.39 is 8.07 Å². The van der Waals surface area contributed by atoms with Gasteiger partial charge >= 0.3 is 0 Å². The van der Waals surface area contributed by atoms with E-state index >= 15 is 0 Å². The van der Waals surface area contributed by atoms with Gasteiger partial charge in [-0.05, 0) is 96.7 Å². The lowest BCUT2D eigenvalue weighted by molar-refractivity contribution is 1.21. The minimum absolute atomic E-state index is 0.764. The van der Waals surface area contributed by atoms with Crippen LogP contribution in [0.15, 0.2) is 206 Å². The predicted molar refractivity (Wildman–Crippen MR) is 242 cm³/mol. The Morgan fingerprint density at radius 3 is 1.25 bits per heavy atom. The molecule has 270 valence electrons. The van der Waals surface area contributed by atoms with Crippen LogP contribution < -0.4 is 10.5 Å². The Kier molecular flexibility index (Phi) is 8.66. The van der Waals surface area contributed by atoms with E-state index in [9.17, 15) is 0 Å². The fourth-order valence-corrected chi connectivity index (χ4v) is 11.4. The van der Waals surface area contributed by atoms with Gasteiger partial charge in [0.25, 0.3) is 0 Å². The molecule has 0 unspecified atom stereocenters. The van der Waals surface area contributed by atoms with Crippen molar-refractivity contribution >= 4 is 18.6 Å². The molecular formula is C54H40N2Si. The van der Waals surface area contributed by atoms with Crippen LogP contribution in [0.4, 0.5) is 0 Å². The third-order valence-electron chi connectivity index (χ3n) is 11.4. The van der Waals surface area contributed by atoms with Gasteiger partial charge in [-0.2, -0.15) is 0 Å². The molecule has 8 aromatic carbocycles. The highest BCUT2D eigenvalue weighted by molar-refractivity contribution is 7.03. The maximum absolute atomic E-state index is 5.55. The molecule has 3 heteroatoms. The van der Waals surface area contributed by atoms with Crippen LogP contribution in [0.1, 0.15) is 0 Å². The second-order valence-electron chi connectivity index (χ2n) is 15.4. The van der Waals surface area contributed by atoms with Crippen LogP contribution in [0, 0.1) is 0 Å². The van der Waals surface area contributed by atoms with Crippen molar-refractivity contribution in [3.05, 3.63) is 206 Å². The summed E-state index contributed by atoms with van der Waals surface area (Å²) in [5.74, 6) is 0.764. The van der Waals surface area contributed by atoms with Crippen molar-refractivity contribution in [2.75, 3.05) is 0 Å². The molecule has 1 aromatic heterocycles. The number of hydrogen-bond donors (Lipinski definition) is 0. The lowest BCUT2D eigenvalue weighted by Crippen LogP contribution is -2.50. The van der Waals surface area contributed by atoms with Gasteiger partial charge in [-0.15, -0.1) is 0 Å². The van der Waals surface area contributed by atoms with E-state index in [-0.39, 0.29) is 0 Å². The number of nitrogens with zero attached hydrogens (tertiary/aromatic N) is 2. The molecule has 10 rings (SSSR count). The van der Waals surface area contributed by atoms with Crippen LogP contribution in [0.25, 0.3) is 89.4 Å². The topological polar surface area (TPSA) is 25.8 Å². The van der Waals surface area contributed by atoms with E-state index in [1.54, 1.807) is 0 Å². The van der Waals surface area contributed by atoms with Crippen molar-refractivity contribution in [1.82, 2.24) is 9.97 Å². The first-order valence-corrected chi connectivity index (χ1v) is 22.6. The van der Waals surface area contributed by atoms with Gasteiger partial charge in [0.2, 0.25) is 0 Å². The summed E-state index contributed by atoms with van der Waals surface area (Å²) in [6.07, 6.45) is 0. The molecule has 0 N–H and O–H groups in total. The van der Waals surface area contributed by atoms with Crippen LogP contribution in [-0.2, 0) is 0 Å². The summed E-state index contributed by atoms with van der Waals surface area (Å²) >= 11 is 0. The first-order valence-electron chi connectivity index (χ1n) is 19.6. The highest BCUT2D eigenvalue weighted by atomic mass is 28.3. The molecule has 2 heterocycles. The standard InChI is InChI=1S/C54H40N2Si/c1-57(2)50-27-13-12-26-49(50)51-52(48-35-46(38-18-8-4-9-19-38)34-47(36-48)39-20-10-5-11-21-39)55-53(56-54(51)57)45-25-15-24-44(33-45)41-30-28-40(29-31-41)43-23-14-22-42(32-43)37-16-6-3-7-17-37/h3-36H,1-2H3. The number of rotatable bonds is 7. The van der Waals surface area contributed by atoms with Crippen LogP contribution in [0.2, 0.25) is 13.1 Å². The Hall–Kier alpha value is -6.94. The average molecular weight is 745 g/mol. The van der Waals surface area contributed by atoms with Gasteiger partial charge in [-0.3, -0.25) is 0 Å². The van der Waals surface area contributed by atoms with Crippen LogP contribution >= 0.6 is 0 Å². The van der Waals surface area contributed by atoms with Crippen molar-refractivity contribution in [2.45, 2.75) is 13.1 Å². The highest BCUT2D eigenvalue weighted by Gasteiger charge is 2.41. The molecule has 0 saturated carbocycles. The molecular weight excluding hydrogens is 705 g/mol. The van der Waals surface area contributed by atoms with Gasteiger partial charge in [0.05, 0.1) is 5.69 Å². The first-order chi connectivity index (χ1) is 28.0.